The van der Waals surface area contributed by atoms with Gasteiger partial charge >= 0.3 is 0 Å². The number of aromatic nitrogens is 2. The van der Waals surface area contributed by atoms with E-state index in [0.717, 1.165) is 0 Å². The molecule has 0 fully saturated rings. The van der Waals surface area contributed by atoms with Crippen molar-refractivity contribution in [2.45, 2.75) is 18.5 Å². The Bertz CT molecular complexity index is 649. The Kier molecular flexibility index (Phi) is 3.35. The highest BCUT2D eigenvalue weighted by molar-refractivity contribution is 7.89. The molecule has 0 spiro atoms. The van der Waals surface area contributed by atoms with Crippen LogP contribution in [0.25, 0.3) is 0 Å². The molecule has 2 rings (SSSR count). The molecule has 0 bridgehead atoms. The third kappa shape index (κ3) is 2.69. The monoisotopic (exact) mass is 267 g/mol. The summed E-state index contributed by atoms with van der Waals surface area (Å²) in [5, 5.41) is 9.54. The van der Waals surface area contributed by atoms with Crippen LogP contribution in [0.1, 0.15) is 11.4 Å². The van der Waals surface area contributed by atoms with E-state index >= 15 is 0 Å². The largest absolute Gasteiger partial charge is 0.508 e. The van der Waals surface area contributed by atoms with Gasteiger partial charge in [-0.25, -0.2) is 18.1 Å². The number of phenolic OH excluding ortho intramolecular Hbond substituents is 1. The van der Waals surface area contributed by atoms with Crippen LogP contribution in [0, 0.1) is 6.92 Å². The zero-order valence-electron chi connectivity index (χ0n) is 9.71. The maximum Gasteiger partial charge on any atom is 0.257 e. The number of hydrogen-bond acceptors (Lipinski definition) is 4. The predicted octanol–water partition coefficient (Wildman–Crippen LogP) is 0.902. The number of aromatic amines is 1. The lowest BCUT2D eigenvalue weighted by molar-refractivity contribution is 0.467. The van der Waals surface area contributed by atoms with E-state index in [9.17, 15) is 13.5 Å². The highest BCUT2D eigenvalue weighted by Crippen LogP contribution is 2.16. The van der Waals surface area contributed by atoms with Crippen molar-refractivity contribution in [2.75, 3.05) is 0 Å². The summed E-state index contributed by atoms with van der Waals surface area (Å²) in [5.74, 6) is 0.582. The van der Waals surface area contributed by atoms with E-state index in [2.05, 4.69) is 14.7 Å². The maximum atomic E-state index is 11.9. The van der Waals surface area contributed by atoms with Crippen molar-refractivity contribution in [2.24, 2.45) is 0 Å². The fourth-order valence-electron chi connectivity index (χ4n) is 1.45. The molecule has 7 heteroatoms. The topological polar surface area (TPSA) is 95.1 Å². The molecule has 1 aromatic carbocycles. The van der Waals surface area contributed by atoms with Crippen LogP contribution in [0.5, 0.6) is 5.75 Å². The van der Waals surface area contributed by atoms with Crippen LogP contribution < -0.4 is 4.72 Å². The fraction of sp³-hybridized carbons (Fsp3) is 0.182. The molecule has 2 aromatic rings. The number of nitrogens with zero attached hydrogens (tertiary/aromatic N) is 1. The van der Waals surface area contributed by atoms with Crippen LogP contribution in [0.3, 0.4) is 0 Å². The number of H-pyrrole nitrogens is 1. The van der Waals surface area contributed by atoms with E-state index in [1.165, 1.54) is 12.3 Å². The first-order valence-electron chi connectivity index (χ1n) is 5.27. The van der Waals surface area contributed by atoms with Gasteiger partial charge in [-0.05, 0) is 13.0 Å². The normalized spacial score (nSPS) is 11.6. The molecule has 18 heavy (non-hydrogen) atoms. The number of rotatable bonds is 4. The van der Waals surface area contributed by atoms with Crippen molar-refractivity contribution in [3.05, 3.63) is 41.9 Å². The highest BCUT2D eigenvalue weighted by atomic mass is 32.2. The second-order valence-corrected chi connectivity index (χ2v) is 5.52. The Hall–Kier alpha value is -1.86. The van der Waals surface area contributed by atoms with E-state index in [-0.39, 0.29) is 17.3 Å². The fourth-order valence-corrected chi connectivity index (χ4v) is 2.42. The summed E-state index contributed by atoms with van der Waals surface area (Å²) in [6.45, 7) is 1.69. The van der Waals surface area contributed by atoms with Crippen molar-refractivity contribution in [3.8, 4) is 5.75 Å². The van der Waals surface area contributed by atoms with Gasteiger partial charge in [-0.15, -0.1) is 0 Å². The number of aryl methyl sites for hydroxylation is 1. The summed E-state index contributed by atoms with van der Waals surface area (Å²) in [5.41, 5.74) is 0.511. The minimum absolute atomic E-state index is 0.00965. The van der Waals surface area contributed by atoms with Crippen LogP contribution in [-0.2, 0) is 16.6 Å². The molecule has 3 N–H and O–H groups in total. The number of imidazole rings is 1. The second kappa shape index (κ2) is 4.79. The summed E-state index contributed by atoms with van der Waals surface area (Å²) in [7, 11) is -3.63. The lowest BCUT2D eigenvalue weighted by Crippen LogP contribution is -2.23. The van der Waals surface area contributed by atoms with Crippen LogP contribution in [0.4, 0.5) is 0 Å². The first-order valence-corrected chi connectivity index (χ1v) is 6.75. The smallest absolute Gasteiger partial charge is 0.257 e. The summed E-state index contributed by atoms with van der Waals surface area (Å²) in [4.78, 5) is 6.47. The van der Waals surface area contributed by atoms with Gasteiger partial charge in [-0.3, -0.25) is 0 Å². The van der Waals surface area contributed by atoms with E-state index in [1.807, 2.05) is 0 Å². The predicted molar refractivity (Wildman–Crippen MR) is 65.5 cm³/mol. The molecule has 0 aliphatic carbocycles. The molecule has 96 valence electrons. The molecule has 0 unspecified atom stereocenters. The lowest BCUT2D eigenvalue weighted by Gasteiger charge is -2.06. The van der Waals surface area contributed by atoms with Gasteiger partial charge in [0.1, 0.15) is 11.6 Å². The van der Waals surface area contributed by atoms with Crippen LogP contribution in [0.15, 0.2) is 35.5 Å². The van der Waals surface area contributed by atoms with Gasteiger partial charge in [-0.1, -0.05) is 18.2 Å². The van der Waals surface area contributed by atoms with Crippen molar-refractivity contribution >= 4 is 10.0 Å². The molecular weight excluding hydrogens is 254 g/mol. The Morgan fingerprint density at radius 1 is 1.39 bits per heavy atom. The number of aromatic hydroxyl groups is 1. The third-order valence-corrected chi connectivity index (χ3v) is 3.72. The molecule has 1 aromatic heterocycles. The van der Waals surface area contributed by atoms with Crippen LogP contribution >= 0.6 is 0 Å². The van der Waals surface area contributed by atoms with E-state index in [4.69, 9.17) is 0 Å². The van der Waals surface area contributed by atoms with Gasteiger partial charge in [-0.2, -0.15) is 0 Å². The SMILES string of the molecule is Cc1ncc(S(=O)(=O)NCc2ccccc2O)[nH]1. The first kappa shape index (κ1) is 12.6. The Morgan fingerprint density at radius 2 is 2.11 bits per heavy atom. The Balaban J connectivity index is 2.13. The molecule has 6 nitrogen and oxygen atoms in total. The second-order valence-electron chi connectivity index (χ2n) is 3.79. The van der Waals surface area contributed by atoms with Crippen molar-refractivity contribution in [1.29, 1.82) is 0 Å². The number of benzene rings is 1. The minimum atomic E-state index is -3.63. The van der Waals surface area contributed by atoms with Gasteiger partial charge in [0, 0.05) is 12.1 Å². The number of hydrogen-bond donors (Lipinski definition) is 3. The Morgan fingerprint density at radius 3 is 2.72 bits per heavy atom. The van der Waals surface area contributed by atoms with Crippen molar-refractivity contribution in [1.82, 2.24) is 14.7 Å². The Labute approximate surface area is 105 Å². The average Bonchev–Trinajstić information content (AvgIpc) is 2.76. The number of sulfonamides is 1. The molecule has 1 heterocycles. The molecule has 0 aliphatic rings. The molecule has 0 saturated heterocycles. The first-order chi connectivity index (χ1) is 8.49. The van der Waals surface area contributed by atoms with Gasteiger partial charge in [0.25, 0.3) is 10.0 Å². The zero-order chi connectivity index (χ0) is 13.2. The van der Waals surface area contributed by atoms with Crippen LogP contribution in [-0.4, -0.2) is 23.5 Å². The number of nitrogens with one attached hydrogen (secondary N) is 2. The highest BCUT2D eigenvalue weighted by Gasteiger charge is 2.16. The molecule has 0 aliphatic heterocycles. The van der Waals surface area contributed by atoms with Crippen molar-refractivity contribution < 1.29 is 13.5 Å². The quantitative estimate of drug-likeness (QED) is 0.767. The van der Waals surface area contributed by atoms with E-state index in [1.54, 1.807) is 25.1 Å². The molecule has 0 saturated carbocycles. The minimum Gasteiger partial charge on any atom is -0.508 e. The van der Waals surface area contributed by atoms with Gasteiger partial charge in [0.2, 0.25) is 0 Å². The van der Waals surface area contributed by atoms with Gasteiger partial charge in [0.05, 0.1) is 6.20 Å². The third-order valence-electron chi connectivity index (χ3n) is 2.41. The van der Waals surface area contributed by atoms with Crippen molar-refractivity contribution in [3.63, 3.8) is 0 Å². The maximum absolute atomic E-state index is 11.9. The zero-order valence-corrected chi connectivity index (χ0v) is 10.5. The lowest BCUT2D eigenvalue weighted by atomic mass is 10.2. The van der Waals surface area contributed by atoms with E-state index < -0.39 is 10.0 Å². The van der Waals surface area contributed by atoms with E-state index in [0.29, 0.717) is 11.4 Å². The molecular formula is C11H13N3O3S. The summed E-state index contributed by atoms with van der Waals surface area (Å²) in [6, 6.07) is 6.55. The molecule has 0 atom stereocenters. The van der Waals surface area contributed by atoms with Gasteiger partial charge in [0.15, 0.2) is 5.03 Å². The van der Waals surface area contributed by atoms with Crippen LogP contribution in [0.2, 0.25) is 0 Å². The molecule has 0 amide bonds. The molecule has 0 radical (unpaired) electrons. The number of para-hydroxylation sites is 1. The summed E-state index contributed by atoms with van der Waals surface area (Å²) >= 11 is 0. The number of phenols is 1. The van der Waals surface area contributed by atoms with Gasteiger partial charge < -0.3 is 10.1 Å². The average molecular weight is 267 g/mol. The summed E-state index contributed by atoms with van der Waals surface area (Å²) < 4.78 is 26.1. The summed E-state index contributed by atoms with van der Waals surface area (Å²) in [6.07, 6.45) is 1.25. The standard InChI is InChI=1S/C11H13N3O3S/c1-8-12-7-11(14-8)18(16,17)13-6-9-4-2-3-5-10(9)15/h2-5,7,13,15H,6H2,1H3,(H,12,14).